The summed E-state index contributed by atoms with van der Waals surface area (Å²) in [6.07, 6.45) is 8.74. The van der Waals surface area contributed by atoms with Crippen LogP contribution in [0.2, 0.25) is 25.7 Å². The highest BCUT2D eigenvalue weighted by molar-refractivity contribution is 6.76. The summed E-state index contributed by atoms with van der Waals surface area (Å²) >= 11 is 0. The van der Waals surface area contributed by atoms with Crippen LogP contribution in [0, 0.1) is 11.8 Å². The van der Waals surface area contributed by atoms with Gasteiger partial charge in [-0.1, -0.05) is 111 Å². The summed E-state index contributed by atoms with van der Waals surface area (Å²) in [5.41, 5.74) is 4.13. The molecule has 1 heterocycles. The van der Waals surface area contributed by atoms with Crippen LogP contribution in [-0.4, -0.2) is 73.5 Å². The number of carbonyl (C=O) groups is 3. The molecule has 5 atom stereocenters. The van der Waals surface area contributed by atoms with Crippen molar-refractivity contribution in [3.8, 4) is 5.75 Å². The van der Waals surface area contributed by atoms with Gasteiger partial charge in [-0.05, 0) is 81.7 Å². The van der Waals surface area contributed by atoms with Crippen molar-refractivity contribution < 1.29 is 33.7 Å². The Bertz CT molecular complexity index is 1570. The standard InChI is InChI=1S/C43H62N2O7Si/c1-31(28-32(2)20-25-39(46)34(4)41(47)45-35(5)40(52-43(45)49)37-18-14-11-15-19-37)16-12-10-13-17-33(3)29-44(42(48)51-26-27-53(7,8)9)30-36-21-23-38(50-6)24-22-36/h10-12,14-16,18-24,33-35,39-40,46H,13,17,25-30H2,1-9H3/b12-10+,31-16+,32-20+/t33-,34+,35+,39-,40+/m0/s1. The monoisotopic (exact) mass is 746 g/mol. The van der Waals surface area contributed by atoms with E-state index in [0.29, 0.717) is 26.1 Å². The summed E-state index contributed by atoms with van der Waals surface area (Å²) in [7, 11) is 0.327. The van der Waals surface area contributed by atoms with Gasteiger partial charge in [0.2, 0.25) is 5.91 Å². The fraction of sp³-hybridized carbons (Fsp3) is 0.512. The summed E-state index contributed by atoms with van der Waals surface area (Å²) in [4.78, 5) is 42.0. The molecule has 2 aromatic rings. The van der Waals surface area contributed by atoms with Crippen molar-refractivity contribution in [3.05, 3.63) is 101 Å². The molecule has 53 heavy (non-hydrogen) atoms. The average Bonchev–Trinajstić information content (AvgIpc) is 3.42. The molecule has 0 saturated carbocycles. The molecular formula is C43H62N2O7Si. The van der Waals surface area contributed by atoms with Crippen LogP contribution in [0.25, 0.3) is 0 Å². The number of aliphatic hydroxyl groups excluding tert-OH is 1. The van der Waals surface area contributed by atoms with Crippen LogP contribution >= 0.6 is 0 Å². The Morgan fingerprint density at radius 1 is 1.04 bits per heavy atom. The van der Waals surface area contributed by atoms with Gasteiger partial charge in [0.1, 0.15) is 11.9 Å². The van der Waals surface area contributed by atoms with Crippen molar-refractivity contribution in [2.75, 3.05) is 20.3 Å². The van der Waals surface area contributed by atoms with E-state index in [-0.39, 0.29) is 12.0 Å². The van der Waals surface area contributed by atoms with Gasteiger partial charge in [-0.25, -0.2) is 14.5 Å². The quantitative estimate of drug-likeness (QED) is 0.0867. The highest BCUT2D eigenvalue weighted by atomic mass is 28.3. The van der Waals surface area contributed by atoms with Gasteiger partial charge >= 0.3 is 12.2 Å². The second-order valence-corrected chi connectivity index (χ2v) is 21.4. The Morgan fingerprint density at radius 3 is 2.36 bits per heavy atom. The summed E-state index contributed by atoms with van der Waals surface area (Å²) in [6.45, 7) is 18.1. The van der Waals surface area contributed by atoms with E-state index in [1.165, 1.54) is 5.57 Å². The lowest BCUT2D eigenvalue weighted by molar-refractivity contribution is -0.136. The van der Waals surface area contributed by atoms with E-state index in [2.05, 4.69) is 51.7 Å². The van der Waals surface area contributed by atoms with Crippen molar-refractivity contribution in [2.24, 2.45) is 11.8 Å². The van der Waals surface area contributed by atoms with E-state index in [9.17, 15) is 19.5 Å². The number of hydrogen-bond acceptors (Lipinski definition) is 7. The van der Waals surface area contributed by atoms with E-state index < -0.39 is 44.2 Å². The second kappa shape index (κ2) is 20.9. The fourth-order valence-electron chi connectivity index (χ4n) is 6.19. The van der Waals surface area contributed by atoms with Gasteiger partial charge in [0, 0.05) is 21.2 Å². The minimum absolute atomic E-state index is 0.264. The van der Waals surface area contributed by atoms with Crippen molar-refractivity contribution in [2.45, 2.75) is 111 Å². The maximum atomic E-state index is 13.3. The predicted octanol–water partition coefficient (Wildman–Crippen LogP) is 9.72. The molecule has 0 spiro atoms. The lowest BCUT2D eigenvalue weighted by Gasteiger charge is -2.26. The SMILES string of the molecule is COc1ccc(CN(C[C@@H](C)CC/C=C/C=C(\C)C/C(C)=C/C[C@H](O)[C@@H](C)C(=O)N2C(=O)O[C@@H](c3ccccc3)[C@H]2C)C(=O)OCC[Si](C)(C)C)cc1. The molecule has 0 radical (unpaired) electrons. The number of ether oxygens (including phenoxy) is 3. The Balaban J connectivity index is 1.46. The van der Waals surface area contributed by atoms with E-state index in [1.54, 1.807) is 21.0 Å². The molecule has 2 aromatic carbocycles. The van der Waals surface area contributed by atoms with E-state index in [4.69, 9.17) is 14.2 Å². The third-order valence-corrected chi connectivity index (χ3v) is 11.3. The Kier molecular flexibility index (Phi) is 17.1. The largest absolute Gasteiger partial charge is 0.497 e. The normalized spacial score (nSPS) is 18.5. The number of cyclic esters (lactones) is 1. The van der Waals surface area contributed by atoms with Crippen LogP contribution in [0.4, 0.5) is 9.59 Å². The first kappa shape index (κ1) is 43.3. The number of nitrogens with zero attached hydrogens (tertiary/aromatic N) is 2. The molecule has 1 N–H and O–H groups in total. The topological polar surface area (TPSA) is 106 Å². The molecule has 290 valence electrons. The number of carbonyl (C=O) groups excluding carboxylic acids is 3. The van der Waals surface area contributed by atoms with Gasteiger partial charge in [0.05, 0.1) is 31.8 Å². The first-order valence-electron chi connectivity index (χ1n) is 18.9. The minimum atomic E-state index is -1.31. The van der Waals surface area contributed by atoms with Gasteiger partial charge in [-0.2, -0.15) is 0 Å². The third kappa shape index (κ3) is 14.3. The van der Waals surface area contributed by atoms with Crippen LogP contribution in [0.5, 0.6) is 5.75 Å². The van der Waals surface area contributed by atoms with Gasteiger partial charge in [-0.3, -0.25) is 4.79 Å². The maximum absolute atomic E-state index is 13.3. The highest BCUT2D eigenvalue weighted by Crippen LogP contribution is 2.33. The number of benzene rings is 2. The number of aliphatic hydroxyl groups is 1. The van der Waals surface area contributed by atoms with Gasteiger partial charge in [0.15, 0.2) is 0 Å². The van der Waals surface area contributed by atoms with Crippen molar-refractivity contribution in [1.29, 1.82) is 0 Å². The summed E-state index contributed by atoms with van der Waals surface area (Å²) in [5, 5.41) is 10.9. The zero-order chi connectivity index (χ0) is 39.1. The molecule has 1 aliphatic rings. The molecule has 1 fully saturated rings. The third-order valence-electron chi connectivity index (χ3n) is 9.61. The second-order valence-electron chi connectivity index (χ2n) is 15.8. The number of imide groups is 1. The van der Waals surface area contributed by atoms with E-state index in [0.717, 1.165) is 52.7 Å². The summed E-state index contributed by atoms with van der Waals surface area (Å²) in [6, 6.07) is 17.6. The van der Waals surface area contributed by atoms with Crippen LogP contribution in [0.15, 0.2) is 90.0 Å². The summed E-state index contributed by atoms with van der Waals surface area (Å²) < 4.78 is 16.5. The molecule has 0 unspecified atom stereocenters. The zero-order valence-corrected chi connectivity index (χ0v) is 34.3. The van der Waals surface area contributed by atoms with Gasteiger partial charge in [0.25, 0.3) is 0 Å². The van der Waals surface area contributed by atoms with Crippen molar-refractivity contribution in [1.82, 2.24) is 9.80 Å². The number of rotatable bonds is 19. The van der Waals surface area contributed by atoms with Crippen LogP contribution in [0.1, 0.15) is 77.5 Å². The first-order valence-corrected chi connectivity index (χ1v) is 22.6. The minimum Gasteiger partial charge on any atom is -0.497 e. The molecule has 1 aliphatic heterocycles. The lowest BCUT2D eigenvalue weighted by Crippen LogP contribution is -2.44. The number of hydrogen-bond donors (Lipinski definition) is 1. The van der Waals surface area contributed by atoms with E-state index in [1.807, 2.05) is 72.5 Å². The van der Waals surface area contributed by atoms with Crippen molar-refractivity contribution in [3.63, 3.8) is 0 Å². The molecule has 1 saturated heterocycles. The molecule has 0 aliphatic carbocycles. The molecule has 0 bridgehead atoms. The Morgan fingerprint density at radius 2 is 1.72 bits per heavy atom. The van der Waals surface area contributed by atoms with Crippen LogP contribution in [0.3, 0.4) is 0 Å². The molecular weight excluding hydrogens is 685 g/mol. The number of amides is 3. The number of allylic oxidation sites excluding steroid dienone is 5. The summed E-state index contributed by atoms with van der Waals surface area (Å²) in [5.74, 6) is -0.132. The average molecular weight is 747 g/mol. The molecule has 10 heteroatoms. The highest BCUT2D eigenvalue weighted by Gasteiger charge is 2.45. The van der Waals surface area contributed by atoms with Gasteiger partial charge < -0.3 is 24.2 Å². The molecule has 3 rings (SSSR count). The fourth-order valence-corrected chi connectivity index (χ4v) is 6.91. The van der Waals surface area contributed by atoms with Crippen molar-refractivity contribution >= 4 is 26.2 Å². The van der Waals surface area contributed by atoms with Gasteiger partial charge in [-0.15, -0.1) is 0 Å². The number of methoxy groups -OCH3 is 1. The smallest absolute Gasteiger partial charge is 0.417 e. The first-order chi connectivity index (χ1) is 25.1. The Labute approximate surface area is 318 Å². The lowest BCUT2D eigenvalue weighted by atomic mass is 9.96. The Hall–Kier alpha value is -4.15. The van der Waals surface area contributed by atoms with Crippen LogP contribution in [-0.2, 0) is 20.8 Å². The zero-order valence-electron chi connectivity index (χ0n) is 33.3. The predicted molar refractivity (Wildman–Crippen MR) is 214 cm³/mol. The molecule has 3 amide bonds. The molecule has 9 nitrogen and oxygen atoms in total. The molecule has 0 aromatic heterocycles. The van der Waals surface area contributed by atoms with E-state index >= 15 is 0 Å². The van der Waals surface area contributed by atoms with Crippen LogP contribution < -0.4 is 4.74 Å². The maximum Gasteiger partial charge on any atom is 0.417 e.